The Balaban J connectivity index is 2.24. The minimum Gasteiger partial charge on any atom is -0.367 e. The first kappa shape index (κ1) is 15.5. The molecule has 0 aliphatic heterocycles. The minimum atomic E-state index is -0.203. The zero-order chi connectivity index (χ0) is 15.1. The fraction of sp³-hybridized carbons (Fsp3) is 0.333. The molecule has 0 aliphatic rings. The van der Waals surface area contributed by atoms with Crippen LogP contribution in [0.2, 0.25) is 0 Å². The Hall–Kier alpha value is -1.87. The molecule has 0 amide bonds. The zero-order valence-corrected chi connectivity index (χ0v) is 12.6. The highest BCUT2D eigenvalue weighted by molar-refractivity contribution is 5.47. The summed E-state index contributed by atoms with van der Waals surface area (Å²) in [4.78, 5) is 2.29. The van der Waals surface area contributed by atoms with Crippen LogP contribution >= 0.6 is 0 Å². The van der Waals surface area contributed by atoms with Crippen LogP contribution in [-0.4, -0.2) is 6.54 Å². The van der Waals surface area contributed by atoms with Gasteiger partial charge in [-0.25, -0.2) is 4.39 Å². The third-order valence-electron chi connectivity index (χ3n) is 3.65. The van der Waals surface area contributed by atoms with Gasteiger partial charge in [0.2, 0.25) is 0 Å². The van der Waals surface area contributed by atoms with Gasteiger partial charge in [0, 0.05) is 25.3 Å². The standard InChI is InChI=1S/C18H23FN2/c1-2-3-11-21(18-7-5-4-6-8-18)14-16-12-17(19)10-9-15(16)13-20/h4-10,12H,2-3,11,13-14,20H2,1H3. The second-order valence-corrected chi connectivity index (χ2v) is 5.23. The van der Waals surface area contributed by atoms with Gasteiger partial charge in [-0.1, -0.05) is 37.6 Å². The predicted octanol–water partition coefficient (Wildman–Crippen LogP) is 4.09. The van der Waals surface area contributed by atoms with Crippen LogP contribution < -0.4 is 10.6 Å². The molecule has 21 heavy (non-hydrogen) atoms. The summed E-state index contributed by atoms with van der Waals surface area (Å²) in [5, 5.41) is 0. The summed E-state index contributed by atoms with van der Waals surface area (Å²) in [6, 6.07) is 15.1. The van der Waals surface area contributed by atoms with Crippen molar-refractivity contribution < 1.29 is 4.39 Å². The molecule has 0 saturated heterocycles. The van der Waals surface area contributed by atoms with Crippen molar-refractivity contribution in [3.63, 3.8) is 0 Å². The highest BCUT2D eigenvalue weighted by Gasteiger charge is 2.10. The normalized spacial score (nSPS) is 10.6. The molecule has 0 bridgehead atoms. The maximum absolute atomic E-state index is 13.5. The summed E-state index contributed by atoms with van der Waals surface area (Å²) < 4.78 is 13.5. The SMILES string of the molecule is CCCCN(Cc1cc(F)ccc1CN)c1ccccc1. The van der Waals surface area contributed by atoms with E-state index in [2.05, 4.69) is 24.0 Å². The molecule has 0 saturated carbocycles. The monoisotopic (exact) mass is 286 g/mol. The Kier molecular flexibility index (Phi) is 5.76. The molecule has 112 valence electrons. The van der Waals surface area contributed by atoms with Crippen molar-refractivity contribution >= 4 is 5.69 Å². The average molecular weight is 286 g/mol. The van der Waals surface area contributed by atoms with Crippen LogP contribution in [0.1, 0.15) is 30.9 Å². The van der Waals surface area contributed by atoms with Crippen LogP contribution in [-0.2, 0) is 13.1 Å². The molecule has 2 nitrogen and oxygen atoms in total. The van der Waals surface area contributed by atoms with E-state index in [1.807, 2.05) is 18.2 Å². The van der Waals surface area contributed by atoms with Gasteiger partial charge in [0.15, 0.2) is 0 Å². The van der Waals surface area contributed by atoms with E-state index in [1.54, 1.807) is 12.1 Å². The van der Waals surface area contributed by atoms with Crippen molar-refractivity contribution in [1.29, 1.82) is 0 Å². The molecule has 0 radical (unpaired) electrons. The lowest BCUT2D eigenvalue weighted by molar-refractivity contribution is 0.622. The molecule has 0 atom stereocenters. The molecule has 0 spiro atoms. The lowest BCUT2D eigenvalue weighted by Crippen LogP contribution is -2.24. The predicted molar refractivity (Wildman–Crippen MR) is 86.7 cm³/mol. The van der Waals surface area contributed by atoms with E-state index in [4.69, 9.17) is 5.73 Å². The number of hydrogen-bond donors (Lipinski definition) is 1. The Morgan fingerprint density at radius 3 is 2.48 bits per heavy atom. The van der Waals surface area contributed by atoms with E-state index in [0.29, 0.717) is 13.1 Å². The maximum atomic E-state index is 13.5. The van der Waals surface area contributed by atoms with Crippen LogP contribution in [0.4, 0.5) is 10.1 Å². The number of benzene rings is 2. The molecule has 0 fully saturated rings. The van der Waals surface area contributed by atoms with Crippen LogP contribution in [0, 0.1) is 5.82 Å². The van der Waals surface area contributed by atoms with Crippen LogP contribution in [0.15, 0.2) is 48.5 Å². The number of nitrogens with two attached hydrogens (primary N) is 1. The van der Waals surface area contributed by atoms with Gasteiger partial charge in [-0.3, -0.25) is 0 Å². The molecular formula is C18H23FN2. The van der Waals surface area contributed by atoms with Crippen molar-refractivity contribution in [2.75, 3.05) is 11.4 Å². The third kappa shape index (κ3) is 4.30. The van der Waals surface area contributed by atoms with Gasteiger partial charge in [0.1, 0.15) is 5.82 Å². The summed E-state index contributed by atoms with van der Waals surface area (Å²) in [5.74, 6) is -0.203. The van der Waals surface area contributed by atoms with Gasteiger partial charge < -0.3 is 10.6 Å². The zero-order valence-electron chi connectivity index (χ0n) is 12.6. The lowest BCUT2D eigenvalue weighted by Gasteiger charge is -2.26. The number of hydrogen-bond acceptors (Lipinski definition) is 2. The fourth-order valence-electron chi connectivity index (χ4n) is 2.43. The third-order valence-corrected chi connectivity index (χ3v) is 3.65. The first-order valence-electron chi connectivity index (χ1n) is 7.52. The van der Waals surface area contributed by atoms with Crippen molar-refractivity contribution in [3.8, 4) is 0 Å². The van der Waals surface area contributed by atoms with Gasteiger partial charge in [-0.15, -0.1) is 0 Å². The highest BCUT2D eigenvalue weighted by Crippen LogP contribution is 2.20. The quantitative estimate of drug-likeness (QED) is 0.830. The van der Waals surface area contributed by atoms with Gasteiger partial charge in [-0.05, 0) is 41.8 Å². The van der Waals surface area contributed by atoms with Gasteiger partial charge in [0.05, 0.1) is 0 Å². The molecule has 0 aliphatic carbocycles. The van der Waals surface area contributed by atoms with Crippen molar-refractivity contribution in [1.82, 2.24) is 0 Å². The molecule has 2 N–H and O–H groups in total. The molecule has 2 aromatic carbocycles. The van der Waals surface area contributed by atoms with Crippen molar-refractivity contribution in [2.24, 2.45) is 5.73 Å². The largest absolute Gasteiger partial charge is 0.367 e. The van der Waals surface area contributed by atoms with Gasteiger partial charge >= 0.3 is 0 Å². The molecule has 0 unspecified atom stereocenters. The number of unbranched alkanes of at least 4 members (excludes halogenated alkanes) is 1. The van der Waals surface area contributed by atoms with Crippen molar-refractivity contribution in [2.45, 2.75) is 32.9 Å². The van der Waals surface area contributed by atoms with Crippen LogP contribution in [0.3, 0.4) is 0 Å². The second-order valence-electron chi connectivity index (χ2n) is 5.23. The Bertz CT molecular complexity index is 554. The Morgan fingerprint density at radius 1 is 1.05 bits per heavy atom. The number of halogens is 1. The van der Waals surface area contributed by atoms with Gasteiger partial charge in [-0.2, -0.15) is 0 Å². The van der Waals surface area contributed by atoms with E-state index >= 15 is 0 Å². The summed E-state index contributed by atoms with van der Waals surface area (Å²) in [6.07, 6.45) is 2.25. The van der Waals surface area contributed by atoms with Crippen molar-refractivity contribution in [3.05, 3.63) is 65.5 Å². The summed E-state index contributed by atoms with van der Waals surface area (Å²) in [7, 11) is 0. The van der Waals surface area contributed by atoms with Crippen LogP contribution in [0.25, 0.3) is 0 Å². The number of anilines is 1. The Morgan fingerprint density at radius 2 is 1.81 bits per heavy atom. The molecule has 3 heteroatoms. The highest BCUT2D eigenvalue weighted by atomic mass is 19.1. The van der Waals surface area contributed by atoms with Crippen LogP contribution in [0.5, 0.6) is 0 Å². The second kappa shape index (κ2) is 7.79. The van der Waals surface area contributed by atoms with E-state index in [9.17, 15) is 4.39 Å². The number of nitrogens with zero attached hydrogens (tertiary/aromatic N) is 1. The average Bonchev–Trinajstić information content (AvgIpc) is 2.52. The van der Waals surface area contributed by atoms with Gasteiger partial charge in [0.25, 0.3) is 0 Å². The first-order chi connectivity index (χ1) is 10.2. The maximum Gasteiger partial charge on any atom is 0.123 e. The number of rotatable bonds is 7. The van der Waals surface area contributed by atoms with E-state index < -0.39 is 0 Å². The van der Waals surface area contributed by atoms with E-state index in [-0.39, 0.29) is 5.82 Å². The topological polar surface area (TPSA) is 29.3 Å². The molecule has 2 rings (SSSR count). The smallest absolute Gasteiger partial charge is 0.123 e. The van der Waals surface area contributed by atoms with E-state index in [0.717, 1.165) is 36.2 Å². The summed E-state index contributed by atoms with van der Waals surface area (Å²) in [5.41, 5.74) is 8.92. The molecule has 2 aromatic rings. The van der Waals surface area contributed by atoms with E-state index in [1.165, 1.54) is 6.07 Å². The molecule has 0 aromatic heterocycles. The molecular weight excluding hydrogens is 263 g/mol. The summed E-state index contributed by atoms with van der Waals surface area (Å²) >= 11 is 0. The summed E-state index contributed by atoms with van der Waals surface area (Å²) in [6.45, 7) is 4.26. The first-order valence-corrected chi connectivity index (χ1v) is 7.52. The fourth-order valence-corrected chi connectivity index (χ4v) is 2.43. The Labute approximate surface area is 126 Å². The minimum absolute atomic E-state index is 0.203. The number of para-hydroxylation sites is 1. The lowest BCUT2D eigenvalue weighted by atomic mass is 10.1. The molecule has 0 heterocycles.